The van der Waals surface area contributed by atoms with Crippen LogP contribution in [-0.4, -0.2) is 34.9 Å². The molecule has 8 nitrogen and oxygen atoms in total. The van der Waals surface area contributed by atoms with Crippen molar-refractivity contribution in [3.05, 3.63) is 94.2 Å². The van der Waals surface area contributed by atoms with Gasteiger partial charge >= 0.3 is 0 Å². The molecule has 2 aromatic carbocycles. The number of hydrogen-bond donors (Lipinski definition) is 3. The molecule has 0 unspecified atom stereocenters. The maximum Gasteiger partial charge on any atom is 0.259 e. The van der Waals surface area contributed by atoms with E-state index >= 15 is 0 Å². The van der Waals surface area contributed by atoms with Crippen LogP contribution in [0.15, 0.2) is 76.8 Å². The molecular weight excluding hydrogens is 428 g/mol. The number of thioether (sulfide) groups is 1. The first-order chi connectivity index (χ1) is 15.5. The van der Waals surface area contributed by atoms with Gasteiger partial charge in [-0.2, -0.15) is 5.10 Å². The zero-order chi connectivity index (χ0) is 22.2. The van der Waals surface area contributed by atoms with Crippen LogP contribution in [0.1, 0.15) is 21.5 Å². The molecule has 5 rings (SSSR count). The Morgan fingerprint density at radius 3 is 2.62 bits per heavy atom. The number of carbonyl (C=O) groups excluding carboxylic acids is 1. The fourth-order valence-corrected chi connectivity index (χ4v) is 4.43. The van der Waals surface area contributed by atoms with Crippen molar-refractivity contribution in [2.75, 3.05) is 0 Å². The first-order valence-corrected chi connectivity index (χ1v) is 10.5. The van der Waals surface area contributed by atoms with Gasteiger partial charge in [-0.1, -0.05) is 0 Å². The van der Waals surface area contributed by atoms with E-state index in [-0.39, 0.29) is 33.2 Å². The van der Waals surface area contributed by atoms with Crippen LogP contribution < -0.4 is 5.56 Å². The topological polar surface area (TPSA) is 121 Å². The molecule has 0 spiro atoms. The van der Waals surface area contributed by atoms with Crippen LogP contribution in [0.4, 0.5) is 0 Å². The lowest BCUT2D eigenvalue weighted by molar-refractivity contribution is 0.109. The smallest absolute Gasteiger partial charge is 0.259 e. The number of aromatic nitrogens is 4. The normalized spacial score (nSPS) is 11.2. The van der Waals surface area contributed by atoms with E-state index in [9.17, 15) is 19.8 Å². The SMILES string of the molecule is O=C(Sc1cc(O)cc(Cc2ccncc2)c1)c1cnn2c1[nH]c(=O)c1cc(O)ccc12. The van der Waals surface area contributed by atoms with Gasteiger partial charge in [0.05, 0.1) is 22.7 Å². The van der Waals surface area contributed by atoms with Gasteiger partial charge in [0.15, 0.2) is 0 Å². The van der Waals surface area contributed by atoms with E-state index in [1.54, 1.807) is 24.5 Å². The van der Waals surface area contributed by atoms with Crippen molar-refractivity contribution in [1.82, 2.24) is 19.6 Å². The minimum Gasteiger partial charge on any atom is -0.508 e. The van der Waals surface area contributed by atoms with Crippen LogP contribution in [0.5, 0.6) is 11.5 Å². The summed E-state index contributed by atoms with van der Waals surface area (Å²) in [6.07, 6.45) is 5.39. The van der Waals surface area contributed by atoms with Crippen LogP contribution in [0.2, 0.25) is 0 Å². The predicted octanol–water partition coefficient (Wildman–Crippen LogP) is 3.51. The van der Waals surface area contributed by atoms with E-state index in [0.717, 1.165) is 22.9 Å². The Morgan fingerprint density at radius 2 is 1.81 bits per heavy atom. The van der Waals surface area contributed by atoms with Crippen molar-refractivity contribution >= 4 is 33.4 Å². The maximum atomic E-state index is 13.0. The molecule has 158 valence electrons. The van der Waals surface area contributed by atoms with E-state index in [0.29, 0.717) is 16.8 Å². The minimum absolute atomic E-state index is 0.0344. The Kier molecular flexibility index (Phi) is 4.87. The molecule has 0 amide bonds. The molecule has 0 aliphatic heterocycles. The maximum absolute atomic E-state index is 13.0. The highest BCUT2D eigenvalue weighted by Gasteiger charge is 2.18. The molecule has 0 bridgehead atoms. The molecular formula is C23H16N4O4S. The Hall–Kier alpha value is -4.11. The second kappa shape index (κ2) is 7.86. The summed E-state index contributed by atoms with van der Waals surface area (Å²) in [7, 11) is 0. The number of nitrogens with zero attached hydrogens (tertiary/aromatic N) is 3. The molecule has 0 atom stereocenters. The highest BCUT2D eigenvalue weighted by atomic mass is 32.2. The Labute approximate surface area is 185 Å². The fourth-order valence-electron chi connectivity index (χ4n) is 3.57. The predicted molar refractivity (Wildman–Crippen MR) is 120 cm³/mol. The zero-order valence-electron chi connectivity index (χ0n) is 16.5. The first-order valence-electron chi connectivity index (χ1n) is 9.65. The lowest BCUT2D eigenvalue weighted by Gasteiger charge is -2.07. The number of aromatic hydroxyl groups is 2. The van der Waals surface area contributed by atoms with Gasteiger partial charge in [-0.15, -0.1) is 0 Å². The van der Waals surface area contributed by atoms with Gasteiger partial charge in [0, 0.05) is 17.3 Å². The highest BCUT2D eigenvalue weighted by Crippen LogP contribution is 2.30. The van der Waals surface area contributed by atoms with Gasteiger partial charge in [-0.05, 0) is 77.8 Å². The van der Waals surface area contributed by atoms with Crippen molar-refractivity contribution in [2.45, 2.75) is 11.3 Å². The standard InChI is InChI=1S/C23H16N4O4S/c28-15-1-2-20-18(11-15)22(30)26-21-19(12-25-27(20)21)23(31)32-17-9-14(8-16(29)10-17)7-13-3-5-24-6-4-13/h1-6,8-12,28-29H,7H2,(H,26,30). The third kappa shape index (κ3) is 3.69. The lowest BCUT2D eigenvalue weighted by Crippen LogP contribution is -2.11. The summed E-state index contributed by atoms with van der Waals surface area (Å²) in [5.74, 6) is 0.0266. The summed E-state index contributed by atoms with van der Waals surface area (Å²) in [6.45, 7) is 0. The number of aromatic amines is 1. The molecule has 5 aromatic rings. The summed E-state index contributed by atoms with van der Waals surface area (Å²) < 4.78 is 1.46. The van der Waals surface area contributed by atoms with Crippen molar-refractivity contribution in [1.29, 1.82) is 0 Å². The quantitative estimate of drug-likeness (QED) is 0.363. The van der Waals surface area contributed by atoms with Crippen LogP contribution in [-0.2, 0) is 6.42 Å². The third-order valence-corrected chi connectivity index (χ3v) is 5.87. The molecule has 0 aliphatic rings. The number of nitrogens with one attached hydrogen (secondary N) is 1. The van der Waals surface area contributed by atoms with E-state index in [1.165, 1.54) is 28.9 Å². The number of fused-ring (bicyclic) bond motifs is 3. The van der Waals surface area contributed by atoms with Gasteiger partial charge in [0.1, 0.15) is 17.1 Å². The average molecular weight is 444 g/mol. The fraction of sp³-hybridized carbons (Fsp3) is 0.0435. The molecule has 0 saturated heterocycles. The number of pyridine rings is 1. The second-order valence-corrected chi connectivity index (χ2v) is 8.28. The van der Waals surface area contributed by atoms with Crippen LogP contribution in [0.25, 0.3) is 16.6 Å². The minimum atomic E-state index is -0.431. The Balaban J connectivity index is 1.48. The molecule has 3 aromatic heterocycles. The van der Waals surface area contributed by atoms with Crippen molar-refractivity contribution in [3.63, 3.8) is 0 Å². The second-order valence-electron chi connectivity index (χ2n) is 7.23. The van der Waals surface area contributed by atoms with E-state index in [1.807, 2.05) is 18.2 Å². The first kappa shape index (κ1) is 19.8. The van der Waals surface area contributed by atoms with Crippen molar-refractivity contribution < 1.29 is 15.0 Å². The lowest BCUT2D eigenvalue weighted by atomic mass is 10.1. The summed E-state index contributed by atoms with van der Waals surface area (Å²) in [5, 5.41) is 24.0. The number of phenols is 2. The van der Waals surface area contributed by atoms with Gasteiger partial charge in [-0.25, -0.2) is 4.52 Å². The molecule has 0 fully saturated rings. The van der Waals surface area contributed by atoms with Gasteiger partial charge in [0.2, 0.25) is 5.12 Å². The molecule has 0 saturated carbocycles. The zero-order valence-corrected chi connectivity index (χ0v) is 17.3. The summed E-state index contributed by atoms with van der Waals surface area (Å²) >= 11 is 0.942. The molecule has 0 radical (unpaired) electrons. The average Bonchev–Trinajstić information content (AvgIpc) is 3.18. The number of carbonyl (C=O) groups is 1. The number of phenolic OH excluding ortho intramolecular Hbond substituents is 2. The Bertz CT molecular complexity index is 1540. The monoisotopic (exact) mass is 444 g/mol. The summed E-state index contributed by atoms with van der Waals surface area (Å²) in [6, 6.07) is 13.2. The molecule has 32 heavy (non-hydrogen) atoms. The number of H-pyrrole nitrogens is 1. The van der Waals surface area contributed by atoms with Crippen LogP contribution in [0.3, 0.4) is 0 Å². The number of hydrogen-bond acceptors (Lipinski definition) is 7. The highest BCUT2D eigenvalue weighted by molar-refractivity contribution is 8.14. The third-order valence-electron chi connectivity index (χ3n) is 4.99. The van der Waals surface area contributed by atoms with Crippen LogP contribution >= 0.6 is 11.8 Å². The molecule has 0 aliphatic carbocycles. The summed E-state index contributed by atoms with van der Waals surface area (Å²) in [5.41, 5.74) is 2.43. The Morgan fingerprint density at radius 1 is 1.00 bits per heavy atom. The van der Waals surface area contributed by atoms with Crippen molar-refractivity contribution in [2.24, 2.45) is 0 Å². The number of benzene rings is 2. The molecule has 3 heterocycles. The van der Waals surface area contributed by atoms with E-state index in [2.05, 4.69) is 15.1 Å². The van der Waals surface area contributed by atoms with Crippen LogP contribution in [0, 0.1) is 0 Å². The van der Waals surface area contributed by atoms with Gasteiger partial charge < -0.3 is 15.2 Å². The van der Waals surface area contributed by atoms with E-state index in [4.69, 9.17) is 0 Å². The van der Waals surface area contributed by atoms with Gasteiger partial charge in [-0.3, -0.25) is 14.6 Å². The molecule has 9 heteroatoms. The summed E-state index contributed by atoms with van der Waals surface area (Å²) in [4.78, 5) is 32.8. The largest absolute Gasteiger partial charge is 0.508 e. The molecule has 3 N–H and O–H groups in total. The van der Waals surface area contributed by atoms with Gasteiger partial charge in [0.25, 0.3) is 5.56 Å². The van der Waals surface area contributed by atoms with E-state index < -0.39 is 5.56 Å². The number of rotatable bonds is 4. The van der Waals surface area contributed by atoms with Crippen molar-refractivity contribution in [3.8, 4) is 11.5 Å².